The quantitative estimate of drug-likeness (QED) is 0.0848. The zero-order valence-corrected chi connectivity index (χ0v) is 42.2. The number of rotatable bonds is 17. The van der Waals surface area contributed by atoms with Gasteiger partial charge in [-0.25, -0.2) is 0 Å². The van der Waals surface area contributed by atoms with E-state index < -0.39 is 0 Å². The largest absolute Gasteiger partial charge is 0.380 e. The van der Waals surface area contributed by atoms with Crippen LogP contribution >= 0.6 is 0 Å². The first-order valence-electron chi connectivity index (χ1n) is 26.3. The molecule has 366 valence electrons. The van der Waals surface area contributed by atoms with Gasteiger partial charge in [-0.3, -0.25) is 9.59 Å². The van der Waals surface area contributed by atoms with Gasteiger partial charge in [0, 0.05) is 70.0 Å². The third-order valence-corrected chi connectivity index (χ3v) is 16.0. The van der Waals surface area contributed by atoms with Crippen LogP contribution < -0.4 is 9.80 Å². The summed E-state index contributed by atoms with van der Waals surface area (Å²) in [5.41, 5.74) is 10.5. The van der Waals surface area contributed by atoms with Crippen LogP contribution in [0.3, 0.4) is 0 Å². The van der Waals surface area contributed by atoms with Crippen molar-refractivity contribution in [1.82, 2.24) is 0 Å². The van der Waals surface area contributed by atoms with Crippen LogP contribution in [0.2, 0.25) is 0 Å². The molecule has 0 N–H and O–H groups in total. The molecule has 0 unspecified atom stereocenters. The molecule has 6 heteroatoms. The molecule has 0 amide bonds. The summed E-state index contributed by atoms with van der Waals surface area (Å²) >= 11 is 0. The zero-order chi connectivity index (χ0) is 50.2. The summed E-state index contributed by atoms with van der Waals surface area (Å²) in [5, 5.41) is 9.51. The Bertz CT molecular complexity index is 3430. The minimum atomic E-state index is -0.00614. The molecule has 10 aromatic rings. The first kappa shape index (κ1) is 47.1. The Balaban J connectivity index is 0.883. The number of hydrogen-bond donors (Lipinski definition) is 0. The Kier molecular flexibility index (Phi) is 12.6. The van der Waals surface area contributed by atoms with E-state index in [-0.39, 0.29) is 22.4 Å². The molecule has 0 saturated carbocycles. The average molecular weight is 969 g/mol. The fraction of sp³-hybridized carbons (Fsp3) is 0.206. The molecule has 2 heterocycles. The minimum absolute atomic E-state index is 0.00614. The molecule has 0 atom stereocenters. The zero-order valence-electron chi connectivity index (χ0n) is 42.2. The third-order valence-electron chi connectivity index (χ3n) is 16.0. The van der Waals surface area contributed by atoms with E-state index in [1.54, 1.807) is 0 Å². The van der Waals surface area contributed by atoms with Gasteiger partial charge < -0.3 is 19.3 Å². The second-order valence-corrected chi connectivity index (χ2v) is 20.9. The first-order chi connectivity index (χ1) is 36.3. The molecular weight excluding hydrogens is 909 g/mol. The molecule has 0 aliphatic carbocycles. The Morgan fingerprint density at radius 1 is 0.392 bits per heavy atom. The monoisotopic (exact) mass is 968 g/mol. The van der Waals surface area contributed by atoms with Crippen molar-refractivity contribution in [3.05, 3.63) is 217 Å². The normalized spacial score (nSPS) is 14.7. The smallest absolute Gasteiger partial charge is 0.137 e. The minimum Gasteiger partial charge on any atom is -0.380 e. The molecule has 2 saturated heterocycles. The Labute approximate surface area is 433 Å². The van der Waals surface area contributed by atoms with Gasteiger partial charge in [0.25, 0.3) is 0 Å². The van der Waals surface area contributed by atoms with Gasteiger partial charge >= 0.3 is 0 Å². The third kappa shape index (κ3) is 9.03. The number of ether oxygens (including phenoxy) is 2. The van der Waals surface area contributed by atoms with Gasteiger partial charge in [0.15, 0.2) is 0 Å². The van der Waals surface area contributed by atoms with Gasteiger partial charge in [0.05, 0.1) is 37.8 Å². The number of hydrogen-bond acceptors (Lipinski definition) is 6. The van der Waals surface area contributed by atoms with Crippen molar-refractivity contribution in [2.24, 2.45) is 10.8 Å². The maximum Gasteiger partial charge on any atom is 0.137 e. The van der Waals surface area contributed by atoms with Gasteiger partial charge in [-0.1, -0.05) is 159 Å². The van der Waals surface area contributed by atoms with Crippen LogP contribution in [0.5, 0.6) is 0 Å². The van der Waals surface area contributed by atoms with Gasteiger partial charge in [0.1, 0.15) is 11.6 Å². The summed E-state index contributed by atoms with van der Waals surface area (Å²) in [4.78, 5) is 31.4. The molecule has 2 aliphatic heterocycles. The van der Waals surface area contributed by atoms with Crippen molar-refractivity contribution < 1.29 is 19.1 Å². The number of carbonyl (C=O) groups is 2. The summed E-state index contributed by atoms with van der Waals surface area (Å²) in [6, 6.07) is 74.0. The van der Waals surface area contributed by atoms with Crippen LogP contribution in [0, 0.1) is 10.8 Å². The number of nitrogens with zero attached hydrogens (tertiary/aromatic N) is 2. The van der Waals surface area contributed by atoms with E-state index >= 15 is 0 Å². The molecule has 74 heavy (non-hydrogen) atoms. The standard InChI is InChI=1S/C68H60N2O4/c1-3-67(43-73-44-67)41-57(71)37-47-21-29-53(30-22-47)69(65-39-51-13-5-7-15-59(51)61-17-9-11-19-63(61)65)55-33-25-49(26-34-55)50-27-35-56(36-28-50)70(66-40-52-14-6-8-16-60(52)62-18-10-12-20-64(62)66)54-31-23-48(24-32-54)38-58(72)42-68(4-2)45-74-46-68/h5-36,39-40H,3-4,37-38,41-46H2,1-2H3. The van der Waals surface area contributed by atoms with E-state index in [1.807, 2.05) is 0 Å². The van der Waals surface area contributed by atoms with Gasteiger partial charge in [-0.05, 0) is 128 Å². The van der Waals surface area contributed by atoms with Crippen LogP contribution in [-0.4, -0.2) is 38.0 Å². The van der Waals surface area contributed by atoms with Crippen LogP contribution in [-0.2, 0) is 31.9 Å². The molecule has 12 rings (SSSR count). The molecule has 0 spiro atoms. The fourth-order valence-electron chi connectivity index (χ4n) is 11.5. The second-order valence-electron chi connectivity index (χ2n) is 20.9. The van der Waals surface area contributed by atoms with Gasteiger partial charge in [-0.2, -0.15) is 0 Å². The highest BCUT2D eigenvalue weighted by Gasteiger charge is 2.39. The SMILES string of the molecule is CCC1(CC(=O)Cc2ccc(N(c3ccc(-c4ccc(N(c5ccc(CC(=O)CC6(CC)COC6)cc5)c5cc6ccccc6c6ccccc56)cc4)cc3)c3cc4ccccc4c4ccccc34)cc2)COC1. The number of anilines is 6. The molecule has 6 nitrogen and oxygen atoms in total. The molecular formula is C68H60N2O4. The van der Waals surface area contributed by atoms with E-state index in [0.29, 0.717) is 52.1 Å². The van der Waals surface area contributed by atoms with Gasteiger partial charge in [-0.15, -0.1) is 0 Å². The van der Waals surface area contributed by atoms with E-state index in [1.165, 1.54) is 32.3 Å². The van der Waals surface area contributed by atoms with E-state index in [4.69, 9.17) is 9.47 Å². The summed E-state index contributed by atoms with van der Waals surface area (Å²) in [6.07, 6.45) is 3.85. The van der Waals surface area contributed by atoms with Gasteiger partial charge in [0.2, 0.25) is 0 Å². The van der Waals surface area contributed by atoms with Crippen molar-refractivity contribution in [3.63, 3.8) is 0 Å². The average Bonchev–Trinajstić information content (AvgIpc) is 3.43. The summed E-state index contributed by atoms with van der Waals surface area (Å²) in [5.74, 6) is 0.524. The Morgan fingerprint density at radius 2 is 0.703 bits per heavy atom. The first-order valence-corrected chi connectivity index (χ1v) is 26.3. The number of benzene rings is 10. The summed E-state index contributed by atoms with van der Waals surface area (Å²) in [7, 11) is 0. The van der Waals surface area contributed by atoms with E-state index in [0.717, 1.165) is 80.0 Å². The lowest BCUT2D eigenvalue weighted by Crippen LogP contribution is -2.43. The fourth-order valence-corrected chi connectivity index (χ4v) is 11.5. The van der Waals surface area contributed by atoms with Crippen molar-refractivity contribution in [3.8, 4) is 11.1 Å². The molecule has 0 radical (unpaired) electrons. The molecule has 0 bridgehead atoms. The molecule has 10 aromatic carbocycles. The van der Waals surface area contributed by atoms with Crippen molar-refractivity contribution >= 4 is 88.8 Å². The lowest BCUT2D eigenvalue weighted by Gasteiger charge is -2.40. The lowest BCUT2D eigenvalue weighted by molar-refractivity contribution is -0.142. The lowest BCUT2D eigenvalue weighted by atomic mass is 9.78. The van der Waals surface area contributed by atoms with Crippen LogP contribution in [0.1, 0.15) is 50.7 Å². The highest BCUT2D eigenvalue weighted by molar-refractivity contribution is 6.16. The van der Waals surface area contributed by atoms with E-state index in [9.17, 15) is 9.59 Å². The maximum absolute atomic E-state index is 13.3. The number of Topliss-reactive ketones (excluding diaryl/α,β-unsaturated/α-hetero) is 2. The highest BCUT2D eigenvalue weighted by atomic mass is 16.5. The topological polar surface area (TPSA) is 59.1 Å². The molecule has 0 aromatic heterocycles. The Morgan fingerprint density at radius 3 is 1.03 bits per heavy atom. The summed E-state index contributed by atoms with van der Waals surface area (Å²) in [6.45, 7) is 7.01. The van der Waals surface area contributed by atoms with Crippen LogP contribution in [0.15, 0.2) is 206 Å². The highest BCUT2D eigenvalue weighted by Crippen LogP contribution is 2.45. The predicted octanol–water partition coefficient (Wildman–Crippen LogP) is 16.8. The second kappa shape index (κ2) is 19.8. The van der Waals surface area contributed by atoms with E-state index in [2.05, 4.69) is 230 Å². The van der Waals surface area contributed by atoms with Crippen molar-refractivity contribution in [2.75, 3.05) is 36.2 Å². The molecule has 2 aliphatic rings. The number of ketones is 2. The van der Waals surface area contributed by atoms with Crippen LogP contribution in [0.4, 0.5) is 34.1 Å². The number of carbonyl (C=O) groups excluding carboxylic acids is 2. The number of fused-ring (bicyclic) bond motifs is 6. The summed E-state index contributed by atoms with van der Waals surface area (Å²) < 4.78 is 11.0. The van der Waals surface area contributed by atoms with Crippen LogP contribution in [0.25, 0.3) is 54.2 Å². The molecule has 2 fully saturated rings. The maximum atomic E-state index is 13.3. The predicted molar refractivity (Wildman–Crippen MR) is 305 cm³/mol. The van der Waals surface area contributed by atoms with Crippen molar-refractivity contribution in [1.29, 1.82) is 0 Å². The van der Waals surface area contributed by atoms with Crippen molar-refractivity contribution in [2.45, 2.75) is 52.4 Å². The Hall–Kier alpha value is -7.90.